The SMILES string of the molecule is Cc1c([N+](=O)[O-])[nH]c(C(=O)O)c1-c1ccccc1. The number of benzene rings is 1. The van der Waals surface area contributed by atoms with Crippen LogP contribution < -0.4 is 0 Å². The molecule has 1 aromatic carbocycles. The van der Waals surface area contributed by atoms with Crippen molar-refractivity contribution in [3.63, 3.8) is 0 Å². The van der Waals surface area contributed by atoms with Crippen molar-refractivity contribution < 1.29 is 14.8 Å². The molecular weight excluding hydrogens is 236 g/mol. The summed E-state index contributed by atoms with van der Waals surface area (Å²) in [5, 5.41) is 19.9. The first-order valence-corrected chi connectivity index (χ1v) is 5.18. The molecule has 0 atom stereocenters. The molecule has 0 spiro atoms. The number of H-pyrrole nitrogens is 1. The van der Waals surface area contributed by atoms with Gasteiger partial charge in [-0.15, -0.1) is 0 Å². The highest BCUT2D eigenvalue weighted by Gasteiger charge is 2.27. The third kappa shape index (κ3) is 1.84. The van der Waals surface area contributed by atoms with E-state index >= 15 is 0 Å². The number of aromatic carboxylic acids is 1. The summed E-state index contributed by atoms with van der Waals surface area (Å²) in [5.41, 5.74) is 1.15. The van der Waals surface area contributed by atoms with Crippen LogP contribution in [0.15, 0.2) is 30.3 Å². The zero-order chi connectivity index (χ0) is 13.3. The van der Waals surface area contributed by atoms with E-state index in [1.165, 1.54) is 6.92 Å². The summed E-state index contributed by atoms with van der Waals surface area (Å²) < 4.78 is 0. The Labute approximate surface area is 102 Å². The molecule has 18 heavy (non-hydrogen) atoms. The number of aromatic amines is 1. The minimum absolute atomic E-state index is 0.162. The van der Waals surface area contributed by atoms with Crippen LogP contribution in [0.25, 0.3) is 11.1 Å². The summed E-state index contributed by atoms with van der Waals surface area (Å²) in [5.74, 6) is -1.50. The van der Waals surface area contributed by atoms with Crippen LogP contribution in [-0.2, 0) is 0 Å². The minimum Gasteiger partial charge on any atom is -0.475 e. The van der Waals surface area contributed by atoms with Crippen molar-refractivity contribution in [2.45, 2.75) is 6.92 Å². The van der Waals surface area contributed by atoms with Gasteiger partial charge in [-0.3, -0.25) is 0 Å². The van der Waals surface area contributed by atoms with Crippen molar-refractivity contribution in [3.05, 3.63) is 51.7 Å². The second kappa shape index (κ2) is 4.33. The van der Waals surface area contributed by atoms with Crippen LogP contribution in [-0.4, -0.2) is 21.0 Å². The standard InChI is InChI=1S/C12H10N2O4/c1-7-9(8-5-3-2-4-6-8)10(12(15)16)13-11(7)14(17)18/h2-6,13H,1H3,(H,15,16). The number of rotatable bonds is 3. The number of nitrogens with one attached hydrogen (secondary N) is 1. The molecule has 0 bridgehead atoms. The second-order valence-electron chi connectivity index (χ2n) is 3.78. The molecule has 1 aromatic heterocycles. The van der Waals surface area contributed by atoms with Crippen LogP contribution in [0, 0.1) is 17.0 Å². The number of hydrogen-bond donors (Lipinski definition) is 2. The minimum atomic E-state index is -1.22. The van der Waals surface area contributed by atoms with Crippen LogP contribution in [0.3, 0.4) is 0 Å². The highest BCUT2D eigenvalue weighted by Crippen LogP contribution is 2.33. The number of nitro groups is 1. The average Bonchev–Trinajstić information content (AvgIpc) is 2.68. The fraction of sp³-hybridized carbons (Fsp3) is 0.0833. The molecule has 0 fully saturated rings. The molecule has 6 nitrogen and oxygen atoms in total. The lowest BCUT2D eigenvalue weighted by Gasteiger charge is -1.99. The van der Waals surface area contributed by atoms with Gasteiger partial charge >= 0.3 is 11.8 Å². The molecular formula is C12H10N2O4. The molecule has 0 radical (unpaired) electrons. The van der Waals surface area contributed by atoms with E-state index in [0.717, 1.165) is 0 Å². The van der Waals surface area contributed by atoms with Crippen LogP contribution in [0.4, 0.5) is 5.82 Å². The van der Waals surface area contributed by atoms with E-state index in [9.17, 15) is 14.9 Å². The Morgan fingerprint density at radius 2 is 1.94 bits per heavy atom. The van der Waals surface area contributed by atoms with Gasteiger partial charge in [-0.2, -0.15) is 0 Å². The predicted molar refractivity (Wildman–Crippen MR) is 64.6 cm³/mol. The van der Waals surface area contributed by atoms with Gasteiger partial charge in [-0.1, -0.05) is 30.3 Å². The summed E-state index contributed by atoms with van der Waals surface area (Å²) in [6.45, 7) is 1.53. The van der Waals surface area contributed by atoms with Crippen LogP contribution in [0.5, 0.6) is 0 Å². The van der Waals surface area contributed by atoms with Gasteiger partial charge in [0.2, 0.25) is 5.69 Å². The van der Waals surface area contributed by atoms with Crippen LogP contribution in [0.2, 0.25) is 0 Å². The lowest BCUT2D eigenvalue weighted by Crippen LogP contribution is -1.99. The number of aromatic nitrogens is 1. The lowest BCUT2D eigenvalue weighted by molar-refractivity contribution is -0.389. The molecule has 0 aliphatic rings. The van der Waals surface area contributed by atoms with Crippen molar-refractivity contribution in [1.82, 2.24) is 4.98 Å². The zero-order valence-electron chi connectivity index (χ0n) is 9.51. The maximum absolute atomic E-state index is 11.1. The molecule has 0 amide bonds. The molecule has 0 aliphatic carbocycles. The highest BCUT2D eigenvalue weighted by molar-refractivity contribution is 5.96. The van der Waals surface area contributed by atoms with E-state index in [0.29, 0.717) is 16.7 Å². The van der Waals surface area contributed by atoms with Crippen molar-refractivity contribution in [3.8, 4) is 11.1 Å². The van der Waals surface area contributed by atoms with Gasteiger partial charge < -0.3 is 15.2 Å². The molecule has 2 N–H and O–H groups in total. The Morgan fingerprint density at radius 1 is 1.33 bits per heavy atom. The Hall–Kier alpha value is -2.63. The van der Waals surface area contributed by atoms with Gasteiger partial charge in [0.1, 0.15) is 0 Å². The first-order chi connectivity index (χ1) is 8.52. The molecule has 2 rings (SSSR count). The molecule has 2 aromatic rings. The van der Waals surface area contributed by atoms with E-state index in [1.54, 1.807) is 30.3 Å². The molecule has 0 unspecified atom stereocenters. The van der Waals surface area contributed by atoms with Gasteiger partial charge in [-0.25, -0.2) is 9.78 Å². The third-order valence-electron chi connectivity index (χ3n) is 2.68. The first kappa shape index (κ1) is 11.8. The van der Waals surface area contributed by atoms with E-state index in [4.69, 9.17) is 5.11 Å². The third-order valence-corrected chi connectivity index (χ3v) is 2.68. The Bertz CT molecular complexity index is 617. The molecule has 0 saturated carbocycles. The zero-order valence-corrected chi connectivity index (χ0v) is 9.51. The topological polar surface area (TPSA) is 96.2 Å². The van der Waals surface area contributed by atoms with E-state index in [-0.39, 0.29) is 11.5 Å². The van der Waals surface area contributed by atoms with Gasteiger partial charge in [0.25, 0.3) is 0 Å². The maximum Gasteiger partial charge on any atom is 0.376 e. The van der Waals surface area contributed by atoms with Gasteiger partial charge in [0.05, 0.1) is 5.56 Å². The number of carboxylic acid groups (broad SMARTS) is 1. The number of carboxylic acids is 1. The molecule has 1 heterocycles. The molecule has 0 saturated heterocycles. The normalized spacial score (nSPS) is 10.3. The van der Waals surface area contributed by atoms with Crippen molar-refractivity contribution in [2.75, 3.05) is 0 Å². The number of nitrogens with zero attached hydrogens (tertiary/aromatic N) is 1. The fourth-order valence-corrected chi connectivity index (χ4v) is 1.89. The van der Waals surface area contributed by atoms with E-state index < -0.39 is 10.9 Å². The van der Waals surface area contributed by atoms with E-state index in [1.807, 2.05) is 0 Å². The fourth-order valence-electron chi connectivity index (χ4n) is 1.89. The monoisotopic (exact) mass is 246 g/mol. The highest BCUT2D eigenvalue weighted by atomic mass is 16.6. The summed E-state index contributed by atoms with van der Waals surface area (Å²) in [4.78, 5) is 23.7. The Kier molecular flexibility index (Phi) is 2.85. The smallest absolute Gasteiger partial charge is 0.376 e. The van der Waals surface area contributed by atoms with Crippen LogP contribution in [0.1, 0.15) is 16.1 Å². The van der Waals surface area contributed by atoms with Crippen molar-refractivity contribution in [1.29, 1.82) is 0 Å². The van der Waals surface area contributed by atoms with Gasteiger partial charge in [0.15, 0.2) is 0 Å². The summed E-state index contributed by atoms with van der Waals surface area (Å²) in [6.07, 6.45) is 0. The van der Waals surface area contributed by atoms with E-state index in [2.05, 4.69) is 4.98 Å². The van der Waals surface area contributed by atoms with Crippen molar-refractivity contribution in [2.24, 2.45) is 0 Å². The summed E-state index contributed by atoms with van der Waals surface area (Å²) in [7, 11) is 0. The van der Waals surface area contributed by atoms with Gasteiger partial charge in [0, 0.05) is 5.56 Å². The average molecular weight is 246 g/mol. The van der Waals surface area contributed by atoms with Gasteiger partial charge in [-0.05, 0) is 17.4 Å². The molecule has 6 heteroatoms. The van der Waals surface area contributed by atoms with Crippen molar-refractivity contribution >= 4 is 11.8 Å². The predicted octanol–water partition coefficient (Wildman–Crippen LogP) is 2.60. The summed E-state index contributed by atoms with van der Waals surface area (Å²) in [6, 6.07) is 8.72. The van der Waals surface area contributed by atoms with Crippen LogP contribution >= 0.6 is 0 Å². The first-order valence-electron chi connectivity index (χ1n) is 5.18. The Morgan fingerprint density at radius 3 is 2.44 bits per heavy atom. The number of carbonyl (C=O) groups is 1. The largest absolute Gasteiger partial charge is 0.475 e. The second-order valence-corrected chi connectivity index (χ2v) is 3.78. The quantitative estimate of drug-likeness (QED) is 0.642. The number of hydrogen-bond acceptors (Lipinski definition) is 3. The summed E-state index contributed by atoms with van der Waals surface area (Å²) >= 11 is 0. The maximum atomic E-state index is 11.1. The molecule has 0 aliphatic heterocycles. The molecule has 92 valence electrons. The Balaban J connectivity index is 2.73. The lowest BCUT2D eigenvalue weighted by atomic mass is 10.0.